The molecule has 0 aliphatic carbocycles. The van der Waals surface area contributed by atoms with E-state index in [1.165, 1.54) is 12.8 Å². The van der Waals surface area contributed by atoms with E-state index in [-0.39, 0.29) is 17.1 Å². The second-order valence-corrected chi connectivity index (χ2v) is 6.26. The highest BCUT2D eigenvalue weighted by atomic mass is 16.5. The molecule has 0 spiro atoms. The van der Waals surface area contributed by atoms with Gasteiger partial charge in [0.05, 0.1) is 7.11 Å². The summed E-state index contributed by atoms with van der Waals surface area (Å²) in [7, 11) is 3.70. The Hall–Kier alpha value is -2.54. The van der Waals surface area contributed by atoms with Crippen molar-refractivity contribution in [2.45, 2.75) is 25.3 Å². The van der Waals surface area contributed by atoms with Crippen LogP contribution < -0.4 is 10.1 Å². The zero-order valence-electron chi connectivity index (χ0n) is 14.5. The second kappa shape index (κ2) is 7.57. The number of hydrogen-bond acceptors (Lipinski definition) is 6. The number of carboxylic acids is 1. The smallest absolute Gasteiger partial charge is 0.343 e. The fraction of sp³-hybridized carbons (Fsp3) is 0.444. The molecule has 0 saturated carbocycles. The lowest BCUT2D eigenvalue weighted by Gasteiger charge is -2.19. The van der Waals surface area contributed by atoms with Gasteiger partial charge in [0.25, 0.3) is 0 Å². The maximum absolute atomic E-state index is 11.7. The summed E-state index contributed by atoms with van der Waals surface area (Å²) < 4.78 is 10.4. The van der Waals surface area contributed by atoms with Crippen molar-refractivity contribution in [1.82, 2.24) is 10.1 Å². The summed E-state index contributed by atoms with van der Waals surface area (Å²) in [6.45, 7) is 1.78. The maximum Gasteiger partial charge on any atom is 0.343 e. The number of carbonyl (C=O) groups is 1. The third kappa shape index (κ3) is 3.76. The monoisotopic (exact) mass is 345 g/mol. The third-order valence-corrected chi connectivity index (χ3v) is 4.70. The van der Waals surface area contributed by atoms with Gasteiger partial charge in [0.2, 0.25) is 0 Å². The van der Waals surface area contributed by atoms with Crippen LogP contribution in [-0.2, 0) is 0 Å². The molecule has 1 saturated heterocycles. The lowest BCUT2D eigenvalue weighted by atomic mass is 10.1. The molecule has 134 valence electrons. The minimum absolute atomic E-state index is 0.0601. The van der Waals surface area contributed by atoms with E-state index >= 15 is 0 Å². The fourth-order valence-corrected chi connectivity index (χ4v) is 3.25. The number of aromatic nitrogens is 1. The van der Waals surface area contributed by atoms with Crippen molar-refractivity contribution in [2.75, 3.05) is 32.6 Å². The largest absolute Gasteiger partial charge is 0.497 e. The van der Waals surface area contributed by atoms with Crippen molar-refractivity contribution in [3.8, 4) is 17.1 Å². The molecule has 0 radical (unpaired) electrons. The van der Waals surface area contributed by atoms with Crippen LogP contribution in [0.4, 0.5) is 5.82 Å². The van der Waals surface area contributed by atoms with Crippen LogP contribution in [0.2, 0.25) is 0 Å². The minimum Gasteiger partial charge on any atom is -0.497 e. The highest BCUT2D eigenvalue weighted by Crippen LogP contribution is 2.30. The molecule has 2 heterocycles. The van der Waals surface area contributed by atoms with E-state index in [0.29, 0.717) is 23.9 Å². The van der Waals surface area contributed by atoms with Crippen LogP contribution in [-0.4, -0.2) is 54.4 Å². The van der Waals surface area contributed by atoms with E-state index in [1.54, 1.807) is 31.4 Å². The highest BCUT2D eigenvalue weighted by molar-refractivity contribution is 5.99. The lowest BCUT2D eigenvalue weighted by Crippen LogP contribution is -2.27. The summed E-state index contributed by atoms with van der Waals surface area (Å²) in [5, 5.41) is 16.6. The standard InChI is InChI=1S/C18H23N3O4/c1-21-11-3-4-13(21)9-10-19-17-15(18(22)23)16(25-20-17)12-5-7-14(24-2)8-6-12/h5-8,13H,3-4,9-11H2,1-2H3,(H,19,20)(H,22,23). The van der Waals surface area contributed by atoms with Crippen LogP contribution in [0.1, 0.15) is 29.6 Å². The van der Waals surface area contributed by atoms with E-state index < -0.39 is 5.97 Å². The zero-order chi connectivity index (χ0) is 17.8. The number of rotatable bonds is 7. The van der Waals surface area contributed by atoms with Crippen molar-refractivity contribution >= 4 is 11.8 Å². The molecule has 1 aliphatic heterocycles. The summed E-state index contributed by atoms with van der Waals surface area (Å²) in [4.78, 5) is 14.0. The number of likely N-dealkylation sites (tertiary alicyclic amines) is 1. The lowest BCUT2D eigenvalue weighted by molar-refractivity contribution is 0.0698. The molecule has 7 heteroatoms. The number of ether oxygens (including phenoxy) is 1. The summed E-state index contributed by atoms with van der Waals surface area (Å²) in [6.07, 6.45) is 3.34. The molecule has 2 aromatic rings. The Morgan fingerprint density at radius 3 is 2.80 bits per heavy atom. The molecule has 1 aromatic carbocycles. The summed E-state index contributed by atoms with van der Waals surface area (Å²) in [6, 6.07) is 7.55. The van der Waals surface area contributed by atoms with Gasteiger partial charge in [-0.1, -0.05) is 5.16 Å². The minimum atomic E-state index is -1.06. The Bertz CT molecular complexity index is 726. The van der Waals surface area contributed by atoms with Gasteiger partial charge in [-0.15, -0.1) is 0 Å². The number of carboxylic acid groups (broad SMARTS) is 1. The van der Waals surface area contributed by atoms with E-state index in [4.69, 9.17) is 9.26 Å². The predicted molar refractivity (Wildman–Crippen MR) is 94.2 cm³/mol. The Kier molecular flexibility index (Phi) is 5.23. The Balaban J connectivity index is 1.73. The van der Waals surface area contributed by atoms with Gasteiger partial charge in [-0.3, -0.25) is 0 Å². The van der Waals surface area contributed by atoms with Crippen LogP contribution in [0.3, 0.4) is 0 Å². The van der Waals surface area contributed by atoms with Gasteiger partial charge in [-0.2, -0.15) is 0 Å². The molecule has 1 aromatic heterocycles. The van der Waals surface area contributed by atoms with Crippen LogP contribution in [0.5, 0.6) is 5.75 Å². The summed E-state index contributed by atoms with van der Waals surface area (Å²) in [5.74, 6) is 0.154. The SMILES string of the molecule is COc1ccc(-c2onc(NCCC3CCCN3C)c2C(=O)O)cc1. The average Bonchev–Trinajstić information content (AvgIpc) is 3.22. The van der Waals surface area contributed by atoms with Crippen LogP contribution in [0, 0.1) is 0 Å². The highest BCUT2D eigenvalue weighted by Gasteiger charge is 2.25. The fourth-order valence-electron chi connectivity index (χ4n) is 3.25. The topological polar surface area (TPSA) is 87.8 Å². The molecule has 7 nitrogen and oxygen atoms in total. The molecule has 3 rings (SSSR count). The van der Waals surface area contributed by atoms with Gasteiger partial charge in [-0.25, -0.2) is 4.79 Å². The summed E-state index contributed by atoms with van der Waals surface area (Å²) in [5.41, 5.74) is 0.708. The Labute approximate surface area is 146 Å². The normalized spacial score (nSPS) is 17.6. The zero-order valence-corrected chi connectivity index (χ0v) is 14.5. The van der Waals surface area contributed by atoms with Crippen LogP contribution >= 0.6 is 0 Å². The number of nitrogens with zero attached hydrogens (tertiary/aromatic N) is 2. The van der Waals surface area contributed by atoms with Crippen molar-refractivity contribution in [3.05, 3.63) is 29.8 Å². The van der Waals surface area contributed by atoms with Crippen molar-refractivity contribution < 1.29 is 19.2 Å². The van der Waals surface area contributed by atoms with Crippen LogP contribution in [0.15, 0.2) is 28.8 Å². The predicted octanol–water partition coefficient (Wildman–Crippen LogP) is 2.94. The van der Waals surface area contributed by atoms with Gasteiger partial charge < -0.3 is 24.6 Å². The Morgan fingerprint density at radius 2 is 2.20 bits per heavy atom. The Morgan fingerprint density at radius 1 is 1.44 bits per heavy atom. The number of hydrogen-bond donors (Lipinski definition) is 2. The molecule has 1 unspecified atom stereocenters. The first-order chi connectivity index (χ1) is 12.1. The van der Waals surface area contributed by atoms with E-state index in [1.807, 2.05) is 0 Å². The van der Waals surface area contributed by atoms with Gasteiger partial charge in [-0.05, 0) is 57.1 Å². The molecule has 0 amide bonds. The van der Waals surface area contributed by atoms with Crippen LogP contribution in [0.25, 0.3) is 11.3 Å². The van der Waals surface area contributed by atoms with Gasteiger partial charge in [0.1, 0.15) is 5.75 Å². The molecular formula is C18H23N3O4. The van der Waals surface area contributed by atoms with Gasteiger partial charge in [0.15, 0.2) is 17.1 Å². The van der Waals surface area contributed by atoms with E-state index in [2.05, 4.69) is 22.4 Å². The van der Waals surface area contributed by atoms with Gasteiger partial charge >= 0.3 is 5.97 Å². The number of methoxy groups -OCH3 is 1. The molecule has 25 heavy (non-hydrogen) atoms. The molecule has 1 aliphatic rings. The van der Waals surface area contributed by atoms with Crippen molar-refractivity contribution in [2.24, 2.45) is 0 Å². The third-order valence-electron chi connectivity index (χ3n) is 4.70. The van der Waals surface area contributed by atoms with Crippen molar-refractivity contribution in [3.63, 3.8) is 0 Å². The molecule has 1 atom stereocenters. The number of benzene rings is 1. The average molecular weight is 345 g/mol. The first-order valence-electron chi connectivity index (χ1n) is 8.41. The van der Waals surface area contributed by atoms with Crippen molar-refractivity contribution in [1.29, 1.82) is 0 Å². The molecule has 2 N–H and O–H groups in total. The number of nitrogens with one attached hydrogen (secondary N) is 1. The second-order valence-electron chi connectivity index (χ2n) is 6.26. The van der Waals surface area contributed by atoms with E-state index in [0.717, 1.165) is 13.0 Å². The molecule has 0 bridgehead atoms. The summed E-state index contributed by atoms with van der Waals surface area (Å²) >= 11 is 0. The number of aromatic carboxylic acids is 1. The maximum atomic E-state index is 11.7. The quantitative estimate of drug-likeness (QED) is 0.797. The van der Waals surface area contributed by atoms with Gasteiger partial charge in [0, 0.05) is 18.2 Å². The number of anilines is 1. The van der Waals surface area contributed by atoms with E-state index in [9.17, 15) is 9.90 Å². The molecule has 1 fully saturated rings. The first-order valence-corrected chi connectivity index (χ1v) is 8.41. The first kappa shape index (κ1) is 17.3. The molecular weight excluding hydrogens is 322 g/mol.